The minimum absolute atomic E-state index is 0.0173. The van der Waals surface area contributed by atoms with Gasteiger partial charge in [0, 0.05) is 18.7 Å². The molecule has 1 heterocycles. The van der Waals surface area contributed by atoms with Gasteiger partial charge in [0.05, 0.1) is 4.90 Å². The standard InChI is InChI=1S/C21H25NO4S/c1-3-17-5-4-6-20(15-17)26-19-11-13-22(14-12-19)27(24,25)21-9-7-18(8-10-21)16(2)23/h4-10,15,19H,3,11-14H2,1-2H3. The number of carbonyl (C=O) groups is 1. The van der Waals surface area contributed by atoms with Gasteiger partial charge in [-0.1, -0.05) is 31.2 Å². The lowest BCUT2D eigenvalue weighted by Gasteiger charge is -2.31. The van der Waals surface area contributed by atoms with E-state index >= 15 is 0 Å². The molecule has 2 aromatic rings. The molecule has 0 unspecified atom stereocenters. The van der Waals surface area contributed by atoms with Crippen molar-refractivity contribution in [3.63, 3.8) is 0 Å². The Balaban J connectivity index is 1.63. The van der Waals surface area contributed by atoms with Crippen LogP contribution in [0.3, 0.4) is 0 Å². The van der Waals surface area contributed by atoms with E-state index in [1.165, 1.54) is 28.9 Å². The van der Waals surface area contributed by atoms with Crippen molar-refractivity contribution in [2.75, 3.05) is 13.1 Å². The van der Waals surface area contributed by atoms with Crippen molar-refractivity contribution in [1.82, 2.24) is 4.31 Å². The van der Waals surface area contributed by atoms with Crippen LogP contribution in [0.2, 0.25) is 0 Å². The van der Waals surface area contributed by atoms with E-state index in [1.807, 2.05) is 18.2 Å². The quantitative estimate of drug-likeness (QED) is 0.709. The van der Waals surface area contributed by atoms with Crippen molar-refractivity contribution in [1.29, 1.82) is 0 Å². The van der Waals surface area contributed by atoms with Gasteiger partial charge in [0.2, 0.25) is 10.0 Å². The number of nitrogens with zero attached hydrogens (tertiary/aromatic N) is 1. The summed E-state index contributed by atoms with van der Waals surface area (Å²) in [5.74, 6) is 0.763. The number of ether oxygens (including phenoxy) is 1. The molecule has 0 radical (unpaired) electrons. The summed E-state index contributed by atoms with van der Waals surface area (Å²) < 4.78 is 33.2. The first-order valence-electron chi connectivity index (χ1n) is 9.27. The minimum atomic E-state index is -3.54. The maximum atomic E-state index is 12.8. The molecule has 1 aliphatic rings. The average molecular weight is 388 g/mol. The lowest BCUT2D eigenvalue weighted by atomic mass is 10.1. The Kier molecular flexibility index (Phi) is 5.97. The number of aryl methyl sites for hydroxylation is 1. The number of carbonyl (C=O) groups excluding carboxylic acids is 1. The second-order valence-electron chi connectivity index (χ2n) is 6.80. The molecule has 0 aliphatic carbocycles. The molecule has 0 N–H and O–H groups in total. The predicted octanol–water partition coefficient (Wildman–Crippen LogP) is 3.68. The number of piperidine rings is 1. The second kappa shape index (κ2) is 8.23. The number of rotatable bonds is 6. The summed E-state index contributed by atoms with van der Waals surface area (Å²) in [6, 6.07) is 14.2. The normalized spacial score (nSPS) is 16.2. The van der Waals surface area contributed by atoms with Crippen LogP contribution in [0.4, 0.5) is 0 Å². The average Bonchev–Trinajstić information content (AvgIpc) is 2.68. The lowest BCUT2D eigenvalue weighted by Crippen LogP contribution is -2.41. The molecule has 3 rings (SSSR count). The molecule has 0 amide bonds. The Labute approximate surface area is 161 Å². The highest BCUT2D eigenvalue weighted by Gasteiger charge is 2.30. The molecular weight excluding hydrogens is 362 g/mol. The number of benzene rings is 2. The fourth-order valence-electron chi connectivity index (χ4n) is 3.23. The van der Waals surface area contributed by atoms with Gasteiger partial charge >= 0.3 is 0 Å². The van der Waals surface area contributed by atoms with Gasteiger partial charge in [0.25, 0.3) is 0 Å². The van der Waals surface area contributed by atoms with E-state index in [0.717, 1.165) is 12.2 Å². The Bertz CT molecular complexity index is 898. The third-order valence-electron chi connectivity index (χ3n) is 4.91. The van der Waals surface area contributed by atoms with Crippen LogP contribution < -0.4 is 4.74 Å². The first kappa shape index (κ1) is 19.6. The van der Waals surface area contributed by atoms with E-state index in [2.05, 4.69) is 13.0 Å². The Morgan fingerprint density at radius 2 is 1.78 bits per heavy atom. The highest BCUT2D eigenvalue weighted by molar-refractivity contribution is 7.89. The highest BCUT2D eigenvalue weighted by atomic mass is 32.2. The van der Waals surface area contributed by atoms with Crippen molar-refractivity contribution in [2.24, 2.45) is 0 Å². The van der Waals surface area contributed by atoms with Gasteiger partial charge in [-0.3, -0.25) is 4.79 Å². The lowest BCUT2D eigenvalue weighted by molar-refractivity contribution is 0.101. The van der Waals surface area contributed by atoms with Gasteiger partial charge < -0.3 is 4.74 Å². The number of sulfonamides is 1. The van der Waals surface area contributed by atoms with E-state index in [-0.39, 0.29) is 16.8 Å². The van der Waals surface area contributed by atoms with Gasteiger partial charge in [0.15, 0.2) is 5.78 Å². The maximum absolute atomic E-state index is 12.8. The van der Waals surface area contributed by atoms with Crippen LogP contribution in [-0.4, -0.2) is 37.7 Å². The largest absolute Gasteiger partial charge is 0.490 e. The summed E-state index contributed by atoms with van der Waals surface area (Å²) in [6.07, 6.45) is 2.28. The summed E-state index contributed by atoms with van der Waals surface area (Å²) in [7, 11) is -3.54. The number of hydrogen-bond acceptors (Lipinski definition) is 4. The first-order valence-corrected chi connectivity index (χ1v) is 10.7. The van der Waals surface area contributed by atoms with Gasteiger partial charge in [-0.2, -0.15) is 4.31 Å². The molecule has 1 fully saturated rings. The van der Waals surface area contributed by atoms with Crippen LogP contribution in [-0.2, 0) is 16.4 Å². The summed E-state index contributed by atoms with van der Waals surface area (Å²) in [5, 5.41) is 0. The molecular formula is C21H25NO4S. The van der Waals surface area contributed by atoms with Crippen LogP contribution >= 0.6 is 0 Å². The third-order valence-corrected chi connectivity index (χ3v) is 6.82. The van der Waals surface area contributed by atoms with E-state index in [1.54, 1.807) is 12.1 Å². The monoisotopic (exact) mass is 387 g/mol. The van der Waals surface area contributed by atoms with Crippen LogP contribution in [0.1, 0.15) is 42.6 Å². The molecule has 0 aromatic heterocycles. The van der Waals surface area contributed by atoms with E-state index in [9.17, 15) is 13.2 Å². The molecule has 0 atom stereocenters. The molecule has 1 saturated heterocycles. The number of Topliss-reactive ketones (excluding diaryl/α,β-unsaturated/α-hetero) is 1. The van der Waals surface area contributed by atoms with Crippen LogP contribution in [0.5, 0.6) is 5.75 Å². The van der Waals surface area contributed by atoms with Crippen molar-refractivity contribution in [3.05, 3.63) is 59.7 Å². The van der Waals surface area contributed by atoms with E-state index < -0.39 is 10.0 Å². The predicted molar refractivity (Wildman–Crippen MR) is 105 cm³/mol. The molecule has 27 heavy (non-hydrogen) atoms. The third kappa shape index (κ3) is 4.57. The zero-order valence-electron chi connectivity index (χ0n) is 15.7. The van der Waals surface area contributed by atoms with Crippen molar-refractivity contribution in [2.45, 2.75) is 44.1 Å². The van der Waals surface area contributed by atoms with Gasteiger partial charge in [-0.05, 0) is 56.0 Å². The summed E-state index contributed by atoms with van der Waals surface area (Å²) in [6.45, 7) is 4.42. The zero-order valence-corrected chi connectivity index (χ0v) is 16.5. The molecule has 2 aromatic carbocycles. The fourth-order valence-corrected chi connectivity index (χ4v) is 4.70. The van der Waals surface area contributed by atoms with Crippen molar-refractivity contribution < 1.29 is 17.9 Å². The van der Waals surface area contributed by atoms with Gasteiger partial charge in [0.1, 0.15) is 11.9 Å². The molecule has 1 aliphatic heterocycles. The molecule has 5 nitrogen and oxygen atoms in total. The van der Waals surface area contributed by atoms with Crippen LogP contribution in [0, 0.1) is 0 Å². The molecule has 0 saturated carbocycles. The highest BCUT2D eigenvalue weighted by Crippen LogP contribution is 2.24. The van der Waals surface area contributed by atoms with Crippen LogP contribution in [0.15, 0.2) is 53.4 Å². The summed E-state index contributed by atoms with van der Waals surface area (Å²) in [5.41, 5.74) is 1.73. The Morgan fingerprint density at radius 1 is 1.11 bits per heavy atom. The van der Waals surface area contributed by atoms with Crippen LogP contribution in [0.25, 0.3) is 0 Å². The van der Waals surface area contributed by atoms with Gasteiger partial charge in [-0.25, -0.2) is 8.42 Å². The minimum Gasteiger partial charge on any atom is -0.490 e. The fraction of sp³-hybridized carbons (Fsp3) is 0.381. The zero-order chi connectivity index (χ0) is 19.4. The van der Waals surface area contributed by atoms with E-state index in [4.69, 9.17) is 4.74 Å². The number of hydrogen-bond donors (Lipinski definition) is 0. The maximum Gasteiger partial charge on any atom is 0.243 e. The van der Waals surface area contributed by atoms with Crippen molar-refractivity contribution >= 4 is 15.8 Å². The molecule has 144 valence electrons. The van der Waals surface area contributed by atoms with E-state index in [0.29, 0.717) is 31.5 Å². The summed E-state index contributed by atoms with van der Waals surface area (Å²) in [4.78, 5) is 11.6. The second-order valence-corrected chi connectivity index (χ2v) is 8.74. The molecule has 6 heteroatoms. The summed E-state index contributed by atoms with van der Waals surface area (Å²) >= 11 is 0. The topological polar surface area (TPSA) is 63.7 Å². The van der Waals surface area contributed by atoms with Crippen molar-refractivity contribution in [3.8, 4) is 5.75 Å². The molecule has 0 spiro atoms. The first-order chi connectivity index (χ1) is 12.9. The van der Waals surface area contributed by atoms with Gasteiger partial charge in [-0.15, -0.1) is 0 Å². The molecule has 0 bridgehead atoms. The number of ketones is 1. The Morgan fingerprint density at radius 3 is 2.37 bits per heavy atom. The Hall–Kier alpha value is -2.18. The SMILES string of the molecule is CCc1cccc(OC2CCN(S(=O)(=O)c3ccc(C(C)=O)cc3)CC2)c1. The smallest absolute Gasteiger partial charge is 0.243 e.